The zero-order chi connectivity index (χ0) is 18.9. The predicted molar refractivity (Wildman–Crippen MR) is 103 cm³/mol. The number of para-hydroxylation sites is 1. The van der Waals surface area contributed by atoms with E-state index in [4.69, 9.17) is 4.74 Å². The molecule has 0 fully saturated rings. The van der Waals surface area contributed by atoms with Gasteiger partial charge in [0.05, 0.1) is 7.11 Å². The van der Waals surface area contributed by atoms with Gasteiger partial charge in [-0.25, -0.2) is 9.97 Å². The average molecular weight is 357 g/mol. The van der Waals surface area contributed by atoms with Gasteiger partial charge < -0.3 is 20.3 Å². The zero-order valence-corrected chi connectivity index (χ0v) is 15.9. The highest BCUT2D eigenvalue weighted by Gasteiger charge is 2.11. The lowest BCUT2D eigenvalue weighted by molar-refractivity contribution is 0.0948. The Morgan fingerprint density at radius 2 is 1.96 bits per heavy atom. The Morgan fingerprint density at radius 1 is 1.19 bits per heavy atom. The second kappa shape index (κ2) is 9.72. The molecule has 1 aromatic carbocycles. The van der Waals surface area contributed by atoms with Gasteiger partial charge in [-0.2, -0.15) is 0 Å². The monoisotopic (exact) mass is 357 g/mol. The van der Waals surface area contributed by atoms with E-state index in [9.17, 15) is 4.79 Å². The van der Waals surface area contributed by atoms with Gasteiger partial charge in [0.2, 0.25) is 0 Å². The molecule has 2 aromatic rings. The molecule has 26 heavy (non-hydrogen) atoms. The number of hydrogen-bond acceptors (Lipinski definition) is 6. The fourth-order valence-electron chi connectivity index (χ4n) is 2.49. The number of nitrogens with zero attached hydrogens (tertiary/aromatic N) is 3. The molecule has 2 rings (SSSR count). The Hall–Kier alpha value is -2.67. The fraction of sp³-hybridized carbons (Fsp3) is 0.421. The smallest absolute Gasteiger partial charge is 0.270 e. The molecule has 7 heteroatoms. The molecule has 0 aliphatic rings. The lowest BCUT2D eigenvalue weighted by atomic mass is 10.1. The number of carbonyl (C=O) groups excluding carboxylic acids is 1. The van der Waals surface area contributed by atoms with E-state index in [-0.39, 0.29) is 5.91 Å². The van der Waals surface area contributed by atoms with Crippen molar-refractivity contribution in [2.45, 2.75) is 13.3 Å². The summed E-state index contributed by atoms with van der Waals surface area (Å²) in [6.45, 7) is 3.91. The summed E-state index contributed by atoms with van der Waals surface area (Å²) in [7, 11) is 5.66. The van der Waals surface area contributed by atoms with Crippen molar-refractivity contribution < 1.29 is 9.53 Å². The van der Waals surface area contributed by atoms with E-state index in [1.165, 1.54) is 0 Å². The molecule has 7 nitrogen and oxygen atoms in total. The minimum Gasteiger partial charge on any atom is -0.496 e. The van der Waals surface area contributed by atoms with Crippen molar-refractivity contribution in [3.63, 3.8) is 0 Å². The van der Waals surface area contributed by atoms with E-state index in [1.807, 2.05) is 38.4 Å². The number of amides is 1. The number of hydrogen-bond donors (Lipinski definition) is 2. The van der Waals surface area contributed by atoms with Crippen molar-refractivity contribution in [1.29, 1.82) is 0 Å². The number of likely N-dealkylation sites (N-methyl/N-ethyl adjacent to an activating group) is 1. The molecule has 0 aliphatic carbocycles. The molecule has 1 amide bonds. The number of nitrogens with one attached hydrogen (secondary N) is 2. The predicted octanol–water partition coefficient (Wildman–Crippen LogP) is 1.74. The Kier molecular flexibility index (Phi) is 7.35. The third-order valence-corrected chi connectivity index (χ3v) is 3.81. The molecule has 140 valence electrons. The van der Waals surface area contributed by atoms with Crippen LogP contribution in [0.3, 0.4) is 0 Å². The number of aromatic nitrogens is 2. The summed E-state index contributed by atoms with van der Waals surface area (Å²) in [5.41, 5.74) is 1.42. The quantitative estimate of drug-likeness (QED) is 0.712. The van der Waals surface area contributed by atoms with Crippen molar-refractivity contribution in [3.05, 3.63) is 47.4 Å². The number of anilines is 1. The maximum absolute atomic E-state index is 12.4. The van der Waals surface area contributed by atoms with Crippen LogP contribution in [-0.4, -0.2) is 61.6 Å². The third kappa shape index (κ3) is 6.00. The highest BCUT2D eigenvalue weighted by atomic mass is 16.5. The standard InChI is InChI=1S/C19H27N5O2/c1-14-22-16(13-18(23-14)20-11-12-24(2)3)19(25)21-10-9-15-7-5-6-8-17(15)26-4/h5-8,13H,9-12H2,1-4H3,(H,21,25)(H,20,22,23). The van der Waals surface area contributed by atoms with Gasteiger partial charge in [-0.15, -0.1) is 0 Å². The maximum Gasteiger partial charge on any atom is 0.270 e. The lowest BCUT2D eigenvalue weighted by Crippen LogP contribution is -2.27. The van der Waals surface area contributed by atoms with E-state index in [0.717, 1.165) is 24.4 Å². The molecular weight excluding hydrogens is 330 g/mol. The van der Waals surface area contributed by atoms with Crippen LogP contribution in [0.2, 0.25) is 0 Å². The number of ether oxygens (including phenoxy) is 1. The van der Waals surface area contributed by atoms with Gasteiger partial charge in [0, 0.05) is 25.7 Å². The first kappa shape index (κ1) is 19.7. The molecule has 0 bridgehead atoms. The Bertz CT molecular complexity index is 734. The average Bonchev–Trinajstić information content (AvgIpc) is 2.61. The first-order chi connectivity index (χ1) is 12.5. The van der Waals surface area contributed by atoms with Crippen LogP contribution < -0.4 is 15.4 Å². The van der Waals surface area contributed by atoms with Crippen LogP contribution in [0.5, 0.6) is 5.75 Å². The van der Waals surface area contributed by atoms with Crippen molar-refractivity contribution in [1.82, 2.24) is 20.2 Å². The van der Waals surface area contributed by atoms with Gasteiger partial charge in [-0.3, -0.25) is 4.79 Å². The highest BCUT2D eigenvalue weighted by Crippen LogP contribution is 2.17. The van der Waals surface area contributed by atoms with Gasteiger partial charge >= 0.3 is 0 Å². The molecular formula is C19H27N5O2. The minimum atomic E-state index is -0.207. The van der Waals surface area contributed by atoms with Crippen molar-refractivity contribution >= 4 is 11.7 Å². The van der Waals surface area contributed by atoms with Gasteiger partial charge in [0.25, 0.3) is 5.91 Å². The first-order valence-electron chi connectivity index (χ1n) is 8.64. The summed E-state index contributed by atoms with van der Waals surface area (Å²) < 4.78 is 5.33. The molecule has 0 atom stereocenters. The summed E-state index contributed by atoms with van der Waals surface area (Å²) in [6.07, 6.45) is 0.688. The zero-order valence-electron chi connectivity index (χ0n) is 15.9. The molecule has 0 spiro atoms. The number of aryl methyl sites for hydroxylation is 1. The molecule has 2 N–H and O–H groups in total. The van der Waals surface area contributed by atoms with Crippen LogP contribution in [0.4, 0.5) is 5.82 Å². The first-order valence-corrected chi connectivity index (χ1v) is 8.64. The van der Waals surface area contributed by atoms with Crippen LogP contribution in [0.25, 0.3) is 0 Å². The van der Waals surface area contributed by atoms with E-state index in [1.54, 1.807) is 20.1 Å². The maximum atomic E-state index is 12.4. The third-order valence-electron chi connectivity index (χ3n) is 3.81. The van der Waals surface area contributed by atoms with Crippen LogP contribution in [-0.2, 0) is 6.42 Å². The second-order valence-electron chi connectivity index (χ2n) is 6.23. The van der Waals surface area contributed by atoms with Crippen molar-refractivity contribution in [2.24, 2.45) is 0 Å². The highest BCUT2D eigenvalue weighted by molar-refractivity contribution is 5.92. The number of methoxy groups -OCH3 is 1. The Labute approximate surface area is 154 Å². The SMILES string of the molecule is COc1ccccc1CCNC(=O)c1cc(NCCN(C)C)nc(C)n1. The summed E-state index contributed by atoms with van der Waals surface area (Å²) in [4.78, 5) is 23.0. The van der Waals surface area contributed by atoms with Gasteiger partial charge in [0.1, 0.15) is 23.1 Å². The summed E-state index contributed by atoms with van der Waals surface area (Å²) in [5.74, 6) is 1.84. The fourth-order valence-corrected chi connectivity index (χ4v) is 2.49. The number of carbonyl (C=O) groups is 1. The van der Waals surface area contributed by atoms with Crippen LogP contribution in [0.1, 0.15) is 21.9 Å². The number of benzene rings is 1. The van der Waals surface area contributed by atoms with Gasteiger partial charge in [-0.1, -0.05) is 18.2 Å². The molecule has 0 saturated heterocycles. The normalized spacial score (nSPS) is 10.7. The van der Waals surface area contributed by atoms with Crippen LogP contribution >= 0.6 is 0 Å². The molecule has 1 aromatic heterocycles. The van der Waals surface area contributed by atoms with E-state index >= 15 is 0 Å². The summed E-state index contributed by atoms with van der Waals surface area (Å²) >= 11 is 0. The topological polar surface area (TPSA) is 79.4 Å². The van der Waals surface area contributed by atoms with E-state index in [2.05, 4.69) is 25.5 Å². The molecule has 0 aliphatic heterocycles. The lowest BCUT2D eigenvalue weighted by Gasteiger charge is -2.12. The number of rotatable bonds is 9. The Balaban J connectivity index is 1.93. The van der Waals surface area contributed by atoms with Crippen molar-refractivity contribution in [2.75, 3.05) is 46.2 Å². The molecule has 1 heterocycles. The minimum absolute atomic E-state index is 0.207. The summed E-state index contributed by atoms with van der Waals surface area (Å²) in [6, 6.07) is 9.47. The van der Waals surface area contributed by atoms with Gasteiger partial charge in [-0.05, 0) is 39.1 Å². The largest absolute Gasteiger partial charge is 0.496 e. The van der Waals surface area contributed by atoms with Gasteiger partial charge in [0.15, 0.2) is 0 Å². The molecule has 0 radical (unpaired) electrons. The van der Waals surface area contributed by atoms with E-state index < -0.39 is 0 Å². The second-order valence-corrected chi connectivity index (χ2v) is 6.23. The van der Waals surface area contributed by atoms with Crippen molar-refractivity contribution in [3.8, 4) is 5.75 Å². The Morgan fingerprint density at radius 3 is 2.69 bits per heavy atom. The van der Waals surface area contributed by atoms with E-state index in [0.29, 0.717) is 30.3 Å². The molecule has 0 unspecified atom stereocenters. The molecule has 0 saturated carbocycles. The van der Waals surface area contributed by atoms with Crippen LogP contribution in [0.15, 0.2) is 30.3 Å². The summed E-state index contributed by atoms with van der Waals surface area (Å²) in [5, 5.41) is 6.13. The van der Waals surface area contributed by atoms with Crippen LogP contribution in [0, 0.1) is 6.92 Å².